The zero-order valence-electron chi connectivity index (χ0n) is 8.62. The Morgan fingerprint density at radius 3 is 2.93 bits per heavy atom. The van der Waals surface area contributed by atoms with Gasteiger partial charge < -0.3 is 10.4 Å². The summed E-state index contributed by atoms with van der Waals surface area (Å²) in [7, 11) is 0. The smallest absolute Gasteiger partial charge is 0.325 e. The van der Waals surface area contributed by atoms with Crippen LogP contribution in [0, 0.1) is 0 Å². The van der Waals surface area contributed by atoms with E-state index in [0.717, 1.165) is 23.7 Å². The average molecular weight is 226 g/mol. The summed E-state index contributed by atoms with van der Waals surface area (Å²) in [6.45, 7) is 1.63. The maximum Gasteiger partial charge on any atom is 0.325 e. The van der Waals surface area contributed by atoms with Crippen LogP contribution in [0.3, 0.4) is 0 Å². The number of aryl methyl sites for hydroxylation is 2. The molecular weight excluding hydrogens is 212 g/mol. The minimum Gasteiger partial charge on any atom is -0.480 e. The van der Waals surface area contributed by atoms with Gasteiger partial charge in [0.25, 0.3) is 0 Å². The van der Waals surface area contributed by atoms with Gasteiger partial charge in [-0.25, -0.2) is 4.98 Å². The Balaban J connectivity index is 2.09. The van der Waals surface area contributed by atoms with Crippen molar-refractivity contribution < 1.29 is 9.90 Å². The molecular formula is C10H14N2O2S. The molecule has 5 heteroatoms. The predicted octanol–water partition coefficient (Wildman–Crippen LogP) is 1.91. The van der Waals surface area contributed by atoms with Crippen molar-refractivity contribution in [3.8, 4) is 0 Å². The van der Waals surface area contributed by atoms with Gasteiger partial charge in [-0.2, -0.15) is 0 Å². The van der Waals surface area contributed by atoms with E-state index in [-0.39, 0.29) is 0 Å². The van der Waals surface area contributed by atoms with Gasteiger partial charge in [0.2, 0.25) is 0 Å². The van der Waals surface area contributed by atoms with Crippen molar-refractivity contribution in [3.05, 3.63) is 10.6 Å². The van der Waals surface area contributed by atoms with E-state index in [0.29, 0.717) is 0 Å². The van der Waals surface area contributed by atoms with Crippen molar-refractivity contribution >= 4 is 22.4 Å². The minimum atomic E-state index is -0.844. The number of anilines is 1. The van der Waals surface area contributed by atoms with E-state index in [9.17, 15) is 4.79 Å². The number of nitrogens with zero attached hydrogens (tertiary/aromatic N) is 1. The fraction of sp³-hybridized carbons (Fsp3) is 0.600. The SMILES string of the molecule is C[C@@H](Nc1nc2c(s1)CCCC2)C(=O)O. The number of carboxylic acid groups (broad SMARTS) is 1. The molecule has 0 saturated carbocycles. The lowest BCUT2D eigenvalue weighted by Gasteiger charge is -2.06. The summed E-state index contributed by atoms with van der Waals surface area (Å²) < 4.78 is 0. The molecule has 1 heterocycles. The van der Waals surface area contributed by atoms with E-state index in [1.807, 2.05) is 0 Å². The van der Waals surface area contributed by atoms with E-state index >= 15 is 0 Å². The monoisotopic (exact) mass is 226 g/mol. The number of hydrogen-bond donors (Lipinski definition) is 2. The predicted molar refractivity (Wildman–Crippen MR) is 59.5 cm³/mol. The second-order valence-electron chi connectivity index (χ2n) is 3.80. The molecule has 1 aromatic heterocycles. The number of carbonyl (C=O) groups is 1. The summed E-state index contributed by atoms with van der Waals surface area (Å²) in [5.74, 6) is -0.844. The van der Waals surface area contributed by atoms with E-state index in [2.05, 4.69) is 10.3 Å². The van der Waals surface area contributed by atoms with Crippen LogP contribution < -0.4 is 5.32 Å². The molecule has 0 aliphatic heterocycles. The van der Waals surface area contributed by atoms with Crippen LogP contribution >= 0.6 is 11.3 Å². The standard InChI is InChI=1S/C10H14N2O2S/c1-6(9(13)14)11-10-12-7-4-2-3-5-8(7)15-10/h6H,2-5H2,1H3,(H,11,12)(H,13,14)/t6-/m1/s1. The fourth-order valence-corrected chi connectivity index (χ4v) is 2.80. The van der Waals surface area contributed by atoms with Crippen LogP contribution in [0.5, 0.6) is 0 Å². The summed E-state index contributed by atoms with van der Waals surface area (Å²) in [5, 5.41) is 12.4. The summed E-state index contributed by atoms with van der Waals surface area (Å²) in [6, 6.07) is -0.572. The Morgan fingerprint density at radius 2 is 2.27 bits per heavy atom. The van der Waals surface area contributed by atoms with E-state index < -0.39 is 12.0 Å². The van der Waals surface area contributed by atoms with Gasteiger partial charge in [-0.15, -0.1) is 11.3 Å². The molecule has 82 valence electrons. The molecule has 15 heavy (non-hydrogen) atoms. The zero-order valence-corrected chi connectivity index (χ0v) is 9.43. The number of nitrogens with one attached hydrogen (secondary N) is 1. The fourth-order valence-electron chi connectivity index (χ4n) is 1.66. The molecule has 4 nitrogen and oxygen atoms in total. The van der Waals surface area contributed by atoms with Gasteiger partial charge in [-0.05, 0) is 32.6 Å². The molecule has 2 rings (SSSR count). The van der Waals surface area contributed by atoms with Crippen LogP contribution in [0.25, 0.3) is 0 Å². The third-order valence-electron chi connectivity index (χ3n) is 2.56. The molecule has 0 bridgehead atoms. The molecule has 0 fully saturated rings. The number of hydrogen-bond acceptors (Lipinski definition) is 4. The van der Waals surface area contributed by atoms with Crippen LogP contribution in [0.15, 0.2) is 0 Å². The number of rotatable bonds is 3. The molecule has 2 N–H and O–H groups in total. The molecule has 0 spiro atoms. The molecule has 0 saturated heterocycles. The lowest BCUT2D eigenvalue weighted by atomic mass is 10.0. The first-order valence-electron chi connectivity index (χ1n) is 5.15. The van der Waals surface area contributed by atoms with Crippen molar-refractivity contribution in [2.45, 2.75) is 38.6 Å². The lowest BCUT2D eigenvalue weighted by Crippen LogP contribution is -2.25. The van der Waals surface area contributed by atoms with Crippen LogP contribution in [0.1, 0.15) is 30.3 Å². The first-order valence-corrected chi connectivity index (χ1v) is 5.96. The van der Waals surface area contributed by atoms with Gasteiger partial charge in [0.05, 0.1) is 5.69 Å². The highest BCUT2D eigenvalue weighted by molar-refractivity contribution is 7.15. The number of aliphatic carboxylic acids is 1. The van der Waals surface area contributed by atoms with Gasteiger partial charge in [0, 0.05) is 4.88 Å². The van der Waals surface area contributed by atoms with Gasteiger partial charge in [-0.3, -0.25) is 4.79 Å². The van der Waals surface area contributed by atoms with Crippen molar-refractivity contribution in [2.24, 2.45) is 0 Å². The number of fused-ring (bicyclic) bond motifs is 1. The molecule has 1 aromatic rings. The van der Waals surface area contributed by atoms with Crippen LogP contribution in [-0.2, 0) is 17.6 Å². The van der Waals surface area contributed by atoms with Crippen LogP contribution in [0.2, 0.25) is 0 Å². The first kappa shape index (κ1) is 10.4. The summed E-state index contributed by atoms with van der Waals surface area (Å²) in [6.07, 6.45) is 4.55. The van der Waals surface area contributed by atoms with E-state index in [4.69, 9.17) is 5.11 Å². The van der Waals surface area contributed by atoms with E-state index in [1.54, 1.807) is 18.3 Å². The number of carboxylic acids is 1. The Hall–Kier alpha value is -1.10. The van der Waals surface area contributed by atoms with Crippen molar-refractivity contribution in [3.63, 3.8) is 0 Å². The summed E-state index contributed by atoms with van der Waals surface area (Å²) in [5.41, 5.74) is 1.16. The number of thiazole rings is 1. The van der Waals surface area contributed by atoms with Crippen molar-refractivity contribution in [1.82, 2.24) is 4.98 Å². The van der Waals surface area contributed by atoms with E-state index in [1.165, 1.54) is 17.7 Å². The Bertz CT molecular complexity index is 352. The zero-order chi connectivity index (χ0) is 10.8. The largest absolute Gasteiger partial charge is 0.480 e. The highest BCUT2D eigenvalue weighted by atomic mass is 32.1. The maximum atomic E-state index is 10.7. The second kappa shape index (κ2) is 4.18. The van der Waals surface area contributed by atoms with Crippen molar-refractivity contribution in [2.75, 3.05) is 5.32 Å². The van der Waals surface area contributed by atoms with Gasteiger partial charge in [0.15, 0.2) is 5.13 Å². The third kappa shape index (κ3) is 2.28. The van der Waals surface area contributed by atoms with Crippen LogP contribution in [-0.4, -0.2) is 22.1 Å². The molecule has 0 radical (unpaired) electrons. The molecule has 0 unspecified atom stereocenters. The summed E-state index contributed by atoms with van der Waals surface area (Å²) >= 11 is 1.60. The highest BCUT2D eigenvalue weighted by Crippen LogP contribution is 2.29. The number of aromatic nitrogens is 1. The maximum absolute atomic E-state index is 10.7. The topological polar surface area (TPSA) is 62.2 Å². The minimum absolute atomic E-state index is 0.572. The van der Waals surface area contributed by atoms with Crippen LogP contribution in [0.4, 0.5) is 5.13 Å². The average Bonchev–Trinajstić information content (AvgIpc) is 2.59. The quantitative estimate of drug-likeness (QED) is 0.826. The lowest BCUT2D eigenvalue weighted by molar-refractivity contribution is -0.137. The second-order valence-corrected chi connectivity index (χ2v) is 4.88. The Labute approximate surface area is 92.3 Å². The van der Waals surface area contributed by atoms with Gasteiger partial charge >= 0.3 is 5.97 Å². The Kier molecular flexibility index (Phi) is 2.90. The third-order valence-corrected chi connectivity index (χ3v) is 3.64. The van der Waals surface area contributed by atoms with Crippen molar-refractivity contribution in [1.29, 1.82) is 0 Å². The van der Waals surface area contributed by atoms with Gasteiger partial charge in [-0.1, -0.05) is 0 Å². The highest BCUT2D eigenvalue weighted by Gasteiger charge is 2.17. The molecule has 0 amide bonds. The molecule has 1 aliphatic carbocycles. The Morgan fingerprint density at radius 1 is 1.53 bits per heavy atom. The van der Waals surface area contributed by atoms with Gasteiger partial charge in [0.1, 0.15) is 6.04 Å². The molecule has 1 atom stereocenters. The first-order chi connectivity index (χ1) is 7.16. The molecule has 1 aliphatic rings. The summed E-state index contributed by atoms with van der Waals surface area (Å²) in [4.78, 5) is 16.4. The molecule has 0 aromatic carbocycles. The normalized spacial score (nSPS) is 16.9.